The Hall–Kier alpha value is -2.99. The number of benzene rings is 2. The molecule has 0 radical (unpaired) electrons. The standard InChI is InChI=1S/C23H30N2O4/c1-6-29-22-15-17(7-13-21(22)28-5)8-14-23(26)24-16-20(25(2)3)18-9-11-19(27-4)12-10-18/h7-15,20H,6,16H2,1-5H3,(H,24,26)/b14-8+. The predicted octanol–water partition coefficient (Wildman–Crippen LogP) is 3.53. The lowest BCUT2D eigenvalue weighted by molar-refractivity contribution is -0.116. The van der Waals surface area contributed by atoms with E-state index >= 15 is 0 Å². The molecule has 6 nitrogen and oxygen atoms in total. The minimum absolute atomic E-state index is 0.0591. The van der Waals surface area contributed by atoms with E-state index in [2.05, 4.69) is 10.2 Å². The number of methoxy groups -OCH3 is 2. The average molecular weight is 399 g/mol. The van der Waals surface area contributed by atoms with Crippen LogP contribution in [0.3, 0.4) is 0 Å². The van der Waals surface area contributed by atoms with Crippen LogP contribution in [0.5, 0.6) is 17.2 Å². The van der Waals surface area contributed by atoms with E-state index in [1.165, 1.54) is 6.08 Å². The molecule has 1 atom stereocenters. The van der Waals surface area contributed by atoms with Crippen LogP contribution >= 0.6 is 0 Å². The molecule has 0 fully saturated rings. The van der Waals surface area contributed by atoms with Crippen LogP contribution in [-0.4, -0.2) is 52.3 Å². The molecule has 156 valence electrons. The Morgan fingerprint density at radius 3 is 2.38 bits per heavy atom. The first-order valence-electron chi connectivity index (χ1n) is 9.55. The number of amides is 1. The van der Waals surface area contributed by atoms with Crippen molar-refractivity contribution in [1.29, 1.82) is 0 Å². The van der Waals surface area contributed by atoms with Crippen molar-refractivity contribution in [2.45, 2.75) is 13.0 Å². The van der Waals surface area contributed by atoms with Gasteiger partial charge in [0, 0.05) is 12.6 Å². The molecule has 2 aromatic rings. The van der Waals surface area contributed by atoms with E-state index in [0.29, 0.717) is 24.7 Å². The predicted molar refractivity (Wildman–Crippen MR) is 116 cm³/mol. The number of nitrogens with one attached hydrogen (secondary N) is 1. The third kappa shape index (κ3) is 6.54. The zero-order valence-electron chi connectivity index (χ0n) is 17.8. The van der Waals surface area contributed by atoms with Gasteiger partial charge in [-0.25, -0.2) is 0 Å². The molecule has 0 aliphatic carbocycles. The largest absolute Gasteiger partial charge is 0.497 e. The van der Waals surface area contributed by atoms with E-state index in [-0.39, 0.29) is 11.9 Å². The fourth-order valence-corrected chi connectivity index (χ4v) is 2.92. The third-order valence-electron chi connectivity index (χ3n) is 4.51. The summed E-state index contributed by atoms with van der Waals surface area (Å²) in [5, 5.41) is 2.97. The van der Waals surface area contributed by atoms with E-state index < -0.39 is 0 Å². The van der Waals surface area contributed by atoms with Gasteiger partial charge in [0.1, 0.15) is 5.75 Å². The van der Waals surface area contributed by atoms with Gasteiger partial charge in [0.25, 0.3) is 0 Å². The smallest absolute Gasteiger partial charge is 0.244 e. The van der Waals surface area contributed by atoms with Gasteiger partial charge in [0.2, 0.25) is 5.91 Å². The molecule has 29 heavy (non-hydrogen) atoms. The zero-order chi connectivity index (χ0) is 21.2. The van der Waals surface area contributed by atoms with Gasteiger partial charge in [0.05, 0.1) is 26.9 Å². The molecule has 1 N–H and O–H groups in total. The van der Waals surface area contributed by atoms with E-state index in [4.69, 9.17) is 14.2 Å². The van der Waals surface area contributed by atoms with Gasteiger partial charge in [-0.1, -0.05) is 18.2 Å². The fourth-order valence-electron chi connectivity index (χ4n) is 2.92. The van der Waals surface area contributed by atoms with Gasteiger partial charge in [-0.05, 0) is 62.5 Å². The summed E-state index contributed by atoms with van der Waals surface area (Å²) in [7, 11) is 7.23. The summed E-state index contributed by atoms with van der Waals surface area (Å²) in [5.41, 5.74) is 1.97. The zero-order valence-corrected chi connectivity index (χ0v) is 17.8. The summed E-state index contributed by atoms with van der Waals surface area (Å²) in [6.07, 6.45) is 3.29. The lowest BCUT2D eigenvalue weighted by Gasteiger charge is -2.25. The summed E-state index contributed by atoms with van der Waals surface area (Å²) in [5.74, 6) is 1.98. The van der Waals surface area contributed by atoms with Crippen LogP contribution in [0.25, 0.3) is 6.08 Å². The lowest BCUT2D eigenvalue weighted by atomic mass is 10.1. The highest BCUT2D eigenvalue weighted by atomic mass is 16.5. The van der Waals surface area contributed by atoms with E-state index in [1.54, 1.807) is 20.3 Å². The van der Waals surface area contributed by atoms with Crippen LogP contribution in [0.1, 0.15) is 24.1 Å². The van der Waals surface area contributed by atoms with Gasteiger partial charge in [-0.3, -0.25) is 4.79 Å². The van der Waals surface area contributed by atoms with Crippen molar-refractivity contribution in [3.8, 4) is 17.2 Å². The number of rotatable bonds is 10. The highest BCUT2D eigenvalue weighted by molar-refractivity contribution is 5.91. The van der Waals surface area contributed by atoms with Crippen LogP contribution in [0.15, 0.2) is 48.5 Å². The second-order valence-corrected chi connectivity index (χ2v) is 6.67. The molecular formula is C23H30N2O4. The molecule has 0 bridgehead atoms. The van der Waals surface area contributed by atoms with Gasteiger partial charge >= 0.3 is 0 Å². The maximum Gasteiger partial charge on any atom is 0.244 e. The van der Waals surface area contributed by atoms with E-state index in [9.17, 15) is 4.79 Å². The van der Waals surface area contributed by atoms with Gasteiger partial charge in [-0.15, -0.1) is 0 Å². The second-order valence-electron chi connectivity index (χ2n) is 6.67. The van der Waals surface area contributed by atoms with Crippen LogP contribution in [-0.2, 0) is 4.79 Å². The number of nitrogens with zero attached hydrogens (tertiary/aromatic N) is 1. The molecule has 0 saturated carbocycles. The molecule has 1 unspecified atom stereocenters. The van der Waals surface area contributed by atoms with Gasteiger partial charge in [-0.2, -0.15) is 0 Å². The first-order valence-corrected chi connectivity index (χ1v) is 9.55. The molecule has 2 rings (SSSR count). The van der Waals surface area contributed by atoms with Crippen molar-refractivity contribution in [3.05, 3.63) is 59.7 Å². The Morgan fingerprint density at radius 1 is 1.07 bits per heavy atom. The normalized spacial score (nSPS) is 12.1. The van der Waals surface area contributed by atoms with Crippen molar-refractivity contribution in [2.75, 3.05) is 41.5 Å². The first-order chi connectivity index (χ1) is 14.0. The summed E-state index contributed by atoms with van der Waals surface area (Å²) in [6, 6.07) is 13.5. The second kappa shape index (κ2) is 11.1. The van der Waals surface area contributed by atoms with Crippen molar-refractivity contribution >= 4 is 12.0 Å². The molecular weight excluding hydrogens is 368 g/mol. The minimum Gasteiger partial charge on any atom is -0.497 e. The van der Waals surface area contributed by atoms with Crippen molar-refractivity contribution in [3.63, 3.8) is 0 Å². The van der Waals surface area contributed by atoms with E-state index in [1.807, 2.05) is 63.5 Å². The van der Waals surface area contributed by atoms with Crippen molar-refractivity contribution in [1.82, 2.24) is 10.2 Å². The highest BCUT2D eigenvalue weighted by Crippen LogP contribution is 2.28. The summed E-state index contributed by atoms with van der Waals surface area (Å²) < 4.78 is 16.1. The number of hydrogen-bond acceptors (Lipinski definition) is 5. The molecule has 0 aromatic heterocycles. The van der Waals surface area contributed by atoms with Crippen molar-refractivity contribution < 1.29 is 19.0 Å². The minimum atomic E-state index is -0.154. The summed E-state index contributed by atoms with van der Waals surface area (Å²) >= 11 is 0. The number of likely N-dealkylation sites (N-methyl/N-ethyl adjacent to an activating group) is 1. The van der Waals surface area contributed by atoms with Crippen LogP contribution < -0.4 is 19.5 Å². The molecule has 0 saturated heterocycles. The van der Waals surface area contributed by atoms with Gasteiger partial charge in [0.15, 0.2) is 11.5 Å². The van der Waals surface area contributed by atoms with E-state index in [0.717, 1.165) is 16.9 Å². The van der Waals surface area contributed by atoms with Crippen molar-refractivity contribution in [2.24, 2.45) is 0 Å². The summed E-state index contributed by atoms with van der Waals surface area (Å²) in [4.78, 5) is 14.4. The Balaban J connectivity index is 2.00. The molecule has 0 aliphatic heterocycles. The van der Waals surface area contributed by atoms with Gasteiger partial charge < -0.3 is 24.4 Å². The monoisotopic (exact) mass is 398 g/mol. The molecule has 0 spiro atoms. The SMILES string of the molecule is CCOc1cc(/C=C/C(=O)NCC(c2ccc(OC)cc2)N(C)C)ccc1OC. The highest BCUT2D eigenvalue weighted by Gasteiger charge is 2.15. The fraction of sp³-hybridized carbons (Fsp3) is 0.348. The topological polar surface area (TPSA) is 60.0 Å². The maximum atomic E-state index is 12.3. The number of hydrogen-bond donors (Lipinski definition) is 1. The number of carbonyl (C=O) groups excluding carboxylic acids is 1. The van der Waals surface area contributed by atoms with Crippen LogP contribution in [0, 0.1) is 0 Å². The number of ether oxygens (including phenoxy) is 3. The quantitative estimate of drug-likeness (QED) is 0.621. The third-order valence-corrected chi connectivity index (χ3v) is 4.51. The average Bonchev–Trinajstić information content (AvgIpc) is 2.73. The Morgan fingerprint density at radius 2 is 1.79 bits per heavy atom. The Kier molecular flexibility index (Phi) is 8.55. The lowest BCUT2D eigenvalue weighted by Crippen LogP contribution is -2.33. The summed E-state index contributed by atoms with van der Waals surface area (Å²) in [6.45, 7) is 2.95. The molecule has 0 heterocycles. The number of carbonyl (C=O) groups is 1. The van der Waals surface area contributed by atoms with Crippen LogP contribution in [0.4, 0.5) is 0 Å². The molecule has 0 aliphatic rings. The van der Waals surface area contributed by atoms with Crippen LogP contribution in [0.2, 0.25) is 0 Å². The Bertz CT molecular complexity index is 816. The molecule has 2 aromatic carbocycles. The molecule has 6 heteroatoms. The first kappa shape index (κ1) is 22.3. The maximum absolute atomic E-state index is 12.3. The molecule has 1 amide bonds. The Labute approximate surface area is 173 Å².